The summed E-state index contributed by atoms with van der Waals surface area (Å²) in [5.74, 6) is 0.687. The maximum atomic E-state index is 12.8. The number of fused-ring (bicyclic) bond motifs is 1. The smallest absolute Gasteiger partial charge is 0.315 e. The van der Waals surface area contributed by atoms with Gasteiger partial charge in [-0.05, 0) is 57.3 Å². The third kappa shape index (κ3) is 12.9. The molecule has 0 saturated carbocycles. The number of hydrogen-bond acceptors (Lipinski definition) is 6. The first-order chi connectivity index (χ1) is 18.7. The summed E-state index contributed by atoms with van der Waals surface area (Å²) in [5.41, 5.74) is 0. The minimum Gasteiger partial charge on any atom is -0.356 e. The highest BCUT2D eigenvalue weighted by atomic mass is 79.9. The first-order valence-corrected chi connectivity index (χ1v) is 16.5. The van der Waals surface area contributed by atoms with Gasteiger partial charge in [0.15, 0.2) is 0 Å². The lowest BCUT2D eigenvalue weighted by molar-refractivity contribution is -0.130. The molecule has 5 amide bonds. The van der Waals surface area contributed by atoms with Crippen LogP contribution < -0.4 is 26.6 Å². The fourth-order valence-electron chi connectivity index (χ4n) is 4.89. The maximum Gasteiger partial charge on any atom is 0.315 e. The lowest BCUT2D eigenvalue weighted by Crippen LogP contribution is -2.50. The highest BCUT2D eigenvalue weighted by Gasteiger charge is 2.42. The van der Waals surface area contributed by atoms with Gasteiger partial charge in [-0.2, -0.15) is 11.8 Å². The van der Waals surface area contributed by atoms with Gasteiger partial charge in [0, 0.05) is 35.7 Å². The number of aldehydes is 1. The van der Waals surface area contributed by atoms with Crippen LogP contribution in [0.2, 0.25) is 0 Å². The van der Waals surface area contributed by atoms with Gasteiger partial charge in [-0.3, -0.25) is 14.4 Å². The third-order valence-corrected chi connectivity index (χ3v) is 9.05. The van der Waals surface area contributed by atoms with E-state index in [1.807, 2.05) is 25.6 Å². The Morgan fingerprint density at radius 3 is 2.49 bits per heavy atom. The summed E-state index contributed by atoms with van der Waals surface area (Å²) in [6, 6.07) is -0.937. The van der Waals surface area contributed by atoms with E-state index in [0.717, 1.165) is 49.5 Å². The standard InChI is InChI=1S/C27H46BrN5O5S/c1-18(2)15-20(31-24(36)12-5-7-13-28)26(37)30-19(16-34)9-6-8-14-29-23(35)11-4-3-10-22-25-21(17-39-22)32-27(38)33-25/h16,18-22,25H,3-15,17H2,1-2H3,(H,29,35)(H,30,37)(H,31,36)(H2,32,33,38)/t19-,20-,21-,22-,25-/m0/s1. The van der Waals surface area contributed by atoms with Gasteiger partial charge in [0.2, 0.25) is 17.7 Å². The second kappa shape index (κ2) is 18.5. The van der Waals surface area contributed by atoms with Crippen molar-refractivity contribution in [3.63, 3.8) is 0 Å². The zero-order chi connectivity index (χ0) is 28.6. The molecule has 2 aliphatic heterocycles. The Bertz CT molecular complexity index is 817. The Kier molecular flexibility index (Phi) is 15.8. The van der Waals surface area contributed by atoms with Crippen molar-refractivity contribution in [1.29, 1.82) is 0 Å². The van der Waals surface area contributed by atoms with Gasteiger partial charge in [-0.15, -0.1) is 0 Å². The minimum absolute atomic E-state index is 0.0198. The molecule has 12 heteroatoms. The van der Waals surface area contributed by atoms with Crippen molar-refractivity contribution in [3.8, 4) is 0 Å². The number of halogens is 1. The molecule has 0 unspecified atom stereocenters. The van der Waals surface area contributed by atoms with Gasteiger partial charge < -0.3 is 31.4 Å². The van der Waals surface area contributed by atoms with E-state index in [-0.39, 0.29) is 41.8 Å². The zero-order valence-corrected chi connectivity index (χ0v) is 25.7. The molecule has 0 aromatic rings. The number of nitrogens with one attached hydrogen (secondary N) is 5. The van der Waals surface area contributed by atoms with E-state index in [0.29, 0.717) is 50.3 Å². The molecule has 0 aromatic heterocycles. The van der Waals surface area contributed by atoms with Crippen LogP contribution in [0.25, 0.3) is 0 Å². The van der Waals surface area contributed by atoms with Crippen LogP contribution in [0.4, 0.5) is 4.79 Å². The predicted molar refractivity (Wildman–Crippen MR) is 158 cm³/mol. The quantitative estimate of drug-likeness (QED) is 0.0604. The maximum absolute atomic E-state index is 12.8. The molecule has 39 heavy (non-hydrogen) atoms. The average molecular weight is 633 g/mol. The molecule has 2 rings (SSSR count). The molecule has 2 aliphatic rings. The number of rotatable bonds is 20. The van der Waals surface area contributed by atoms with Crippen molar-refractivity contribution in [2.45, 2.75) is 114 Å². The van der Waals surface area contributed by atoms with Crippen molar-refractivity contribution >= 4 is 57.7 Å². The highest BCUT2D eigenvalue weighted by Crippen LogP contribution is 2.33. The molecule has 10 nitrogen and oxygen atoms in total. The van der Waals surface area contributed by atoms with E-state index in [2.05, 4.69) is 42.5 Å². The van der Waals surface area contributed by atoms with Gasteiger partial charge in [0.25, 0.3) is 0 Å². The van der Waals surface area contributed by atoms with E-state index in [9.17, 15) is 24.0 Å². The van der Waals surface area contributed by atoms with Crippen LogP contribution in [-0.2, 0) is 19.2 Å². The van der Waals surface area contributed by atoms with Crippen molar-refractivity contribution in [2.75, 3.05) is 17.6 Å². The van der Waals surface area contributed by atoms with E-state index in [1.165, 1.54) is 0 Å². The van der Waals surface area contributed by atoms with Crippen LogP contribution in [-0.4, -0.2) is 77.1 Å². The number of thioether (sulfide) groups is 1. The molecular weight excluding hydrogens is 586 g/mol. The molecule has 222 valence electrons. The van der Waals surface area contributed by atoms with Gasteiger partial charge in [0.1, 0.15) is 12.3 Å². The molecule has 5 N–H and O–H groups in total. The Hall–Kier alpha value is -1.82. The van der Waals surface area contributed by atoms with Gasteiger partial charge in [0.05, 0.1) is 18.1 Å². The average Bonchev–Trinajstić information content (AvgIpc) is 3.44. The number of urea groups is 1. The lowest BCUT2D eigenvalue weighted by atomic mass is 10.0. The molecule has 0 bridgehead atoms. The molecule has 0 radical (unpaired) electrons. The molecule has 0 spiro atoms. The lowest BCUT2D eigenvalue weighted by Gasteiger charge is -2.22. The zero-order valence-electron chi connectivity index (χ0n) is 23.3. The first kappa shape index (κ1) is 33.4. The minimum atomic E-state index is -0.662. The van der Waals surface area contributed by atoms with Crippen LogP contribution in [0.3, 0.4) is 0 Å². The SMILES string of the molecule is CC(C)C[C@H](NC(=O)CCCCBr)C(=O)N[C@H](C=O)CCCCNC(=O)CCCC[C@@H]1SC[C@@H]2NC(=O)N[C@@H]21. The molecule has 0 aliphatic carbocycles. The van der Waals surface area contributed by atoms with Crippen LogP contribution in [0.5, 0.6) is 0 Å². The second-order valence-corrected chi connectivity index (χ2v) is 12.9. The molecule has 2 saturated heterocycles. The van der Waals surface area contributed by atoms with Crippen LogP contribution in [0.1, 0.15) is 84.5 Å². The van der Waals surface area contributed by atoms with E-state index >= 15 is 0 Å². The summed E-state index contributed by atoms with van der Waals surface area (Å²) in [5, 5.41) is 15.7. The van der Waals surface area contributed by atoms with E-state index in [4.69, 9.17) is 0 Å². The number of unbranched alkanes of at least 4 members (excludes halogenated alkanes) is 3. The van der Waals surface area contributed by atoms with Gasteiger partial charge in [-0.25, -0.2) is 4.79 Å². The highest BCUT2D eigenvalue weighted by molar-refractivity contribution is 9.09. The monoisotopic (exact) mass is 631 g/mol. The number of alkyl halides is 1. The molecule has 2 fully saturated rings. The van der Waals surface area contributed by atoms with Crippen molar-refractivity contribution in [2.24, 2.45) is 5.92 Å². The Labute approximate surface area is 245 Å². The van der Waals surface area contributed by atoms with Gasteiger partial charge >= 0.3 is 6.03 Å². The third-order valence-electron chi connectivity index (χ3n) is 6.98. The molecule has 0 aromatic carbocycles. The fraction of sp³-hybridized carbons (Fsp3) is 0.815. The summed E-state index contributed by atoms with van der Waals surface area (Å²) in [6.07, 6.45) is 8.33. The second-order valence-electron chi connectivity index (χ2n) is 10.9. The summed E-state index contributed by atoms with van der Waals surface area (Å²) in [7, 11) is 0. The van der Waals surface area contributed by atoms with Gasteiger partial charge in [-0.1, -0.05) is 36.2 Å². The fourth-order valence-corrected chi connectivity index (χ4v) is 6.83. The topological polar surface area (TPSA) is 146 Å². The predicted octanol–water partition coefficient (Wildman–Crippen LogP) is 2.78. The largest absolute Gasteiger partial charge is 0.356 e. The summed E-state index contributed by atoms with van der Waals surface area (Å²) < 4.78 is 0. The molecule has 5 atom stereocenters. The van der Waals surface area contributed by atoms with Crippen LogP contribution in [0.15, 0.2) is 0 Å². The summed E-state index contributed by atoms with van der Waals surface area (Å²) in [4.78, 5) is 60.2. The Morgan fingerprint density at radius 1 is 1.03 bits per heavy atom. The van der Waals surface area contributed by atoms with Crippen LogP contribution >= 0.6 is 27.7 Å². The van der Waals surface area contributed by atoms with Crippen molar-refractivity contribution < 1.29 is 24.0 Å². The molecular formula is C27H46BrN5O5S. The Balaban J connectivity index is 1.58. The van der Waals surface area contributed by atoms with Crippen molar-refractivity contribution in [3.05, 3.63) is 0 Å². The number of carbonyl (C=O) groups is 5. The number of amides is 5. The van der Waals surface area contributed by atoms with E-state index in [1.54, 1.807) is 0 Å². The molecule has 2 heterocycles. The first-order valence-electron chi connectivity index (χ1n) is 14.3. The van der Waals surface area contributed by atoms with E-state index < -0.39 is 12.1 Å². The van der Waals surface area contributed by atoms with Crippen molar-refractivity contribution in [1.82, 2.24) is 26.6 Å². The number of carbonyl (C=O) groups excluding carboxylic acids is 5. The summed E-state index contributed by atoms with van der Waals surface area (Å²) >= 11 is 5.23. The van der Waals surface area contributed by atoms with Crippen LogP contribution in [0, 0.1) is 5.92 Å². The normalized spacial score (nSPS) is 21.4. The Morgan fingerprint density at radius 2 is 1.77 bits per heavy atom. The summed E-state index contributed by atoms with van der Waals surface area (Å²) in [6.45, 7) is 4.50. The number of hydrogen-bond donors (Lipinski definition) is 5.